The summed E-state index contributed by atoms with van der Waals surface area (Å²) in [5, 5.41) is 0. The average Bonchev–Trinajstić information content (AvgIpc) is 2.25. The smallest absolute Gasteiger partial charge is 0.194 e. The van der Waals surface area contributed by atoms with E-state index in [2.05, 4.69) is 10.3 Å². The van der Waals surface area contributed by atoms with Crippen LogP contribution in [-0.4, -0.2) is 13.1 Å². The monoisotopic (exact) mass is 193 g/mol. The topological polar surface area (TPSA) is 47.6 Å². The van der Waals surface area contributed by atoms with Crippen molar-refractivity contribution in [1.82, 2.24) is 5.48 Å². The van der Waals surface area contributed by atoms with Crippen molar-refractivity contribution in [2.24, 2.45) is 0 Å². The molecule has 0 aromatic heterocycles. The summed E-state index contributed by atoms with van der Waals surface area (Å²) in [5.74, 6) is 2.30. The third-order valence-corrected chi connectivity index (χ3v) is 1.63. The summed E-state index contributed by atoms with van der Waals surface area (Å²) >= 11 is 0. The zero-order valence-electron chi connectivity index (χ0n) is 7.82. The number of carbonyl (C=O) groups excluding carboxylic acids is 1. The van der Waals surface area contributed by atoms with E-state index in [0.29, 0.717) is 6.54 Å². The number of rotatable bonds is 5. The van der Waals surface area contributed by atoms with Gasteiger partial charge in [-0.2, -0.15) is 5.48 Å². The third-order valence-electron chi connectivity index (χ3n) is 1.63. The van der Waals surface area contributed by atoms with E-state index in [1.807, 2.05) is 24.3 Å². The fraction of sp³-hybridized carbons (Fsp3) is 0.200. The molecule has 0 spiro atoms. The van der Waals surface area contributed by atoms with Crippen molar-refractivity contribution < 1.29 is 14.4 Å². The Hall–Kier alpha value is -1.77. The van der Waals surface area contributed by atoms with Crippen molar-refractivity contribution in [3.8, 4) is 5.75 Å². The van der Waals surface area contributed by atoms with Gasteiger partial charge in [-0.15, -0.1) is 0 Å². The first-order valence-electron chi connectivity index (χ1n) is 4.07. The van der Waals surface area contributed by atoms with E-state index in [1.54, 1.807) is 7.11 Å². The average molecular weight is 193 g/mol. The van der Waals surface area contributed by atoms with Gasteiger partial charge in [0.25, 0.3) is 0 Å². The van der Waals surface area contributed by atoms with E-state index in [4.69, 9.17) is 4.74 Å². The molecule has 1 rings (SSSR count). The van der Waals surface area contributed by atoms with E-state index in [-0.39, 0.29) is 0 Å². The van der Waals surface area contributed by atoms with Gasteiger partial charge < -0.3 is 9.57 Å². The van der Waals surface area contributed by atoms with Crippen molar-refractivity contribution in [3.05, 3.63) is 36.1 Å². The van der Waals surface area contributed by atoms with Crippen molar-refractivity contribution in [2.45, 2.75) is 6.54 Å². The molecule has 0 saturated carbocycles. The van der Waals surface area contributed by atoms with Gasteiger partial charge in [-0.3, -0.25) is 0 Å². The molecule has 0 aliphatic heterocycles. The van der Waals surface area contributed by atoms with Crippen LogP contribution in [0.2, 0.25) is 0 Å². The molecule has 0 bridgehead atoms. The summed E-state index contributed by atoms with van der Waals surface area (Å²) < 4.78 is 5.00. The number of hydroxylamine groups is 1. The van der Waals surface area contributed by atoms with Gasteiger partial charge in [0.2, 0.25) is 0 Å². The fourth-order valence-electron chi connectivity index (χ4n) is 0.934. The minimum Gasteiger partial charge on any atom is -0.497 e. The Labute approximate surface area is 82.1 Å². The lowest BCUT2D eigenvalue weighted by Crippen LogP contribution is -2.10. The molecule has 0 fully saturated rings. The predicted molar refractivity (Wildman–Crippen MR) is 51.2 cm³/mol. The normalized spacial score (nSPS) is 8.93. The van der Waals surface area contributed by atoms with Crippen LogP contribution in [-0.2, 0) is 16.2 Å². The molecule has 4 nitrogen and oxygen atoms in total. The van der Waals surface area contributed by atoms with Gasteiger partial charge >= 0.3 is 0 Å². The number of hydrogen-bond acceptors (Lipinski definition) is 4. The van der Waals surface area contributed by atoms with E-state index in [9.17, 15) is 4.79 Å². The van der Waals surface area contributed by atoms with Crippen LogP contribution in [0.4, 0.5) is 0 Å². The standard InChI is InChI=1S/C10H11NO3/c1-13-10-4-2-9(3-5-10)8-11-14-7-6-12/h2-5,7,11H,8H2,1H3. The van der Waals surface area contributed by atoms with Crippen molar-refractivity contribution in [3.63, 3.8) is 0 Å². The lowest BCUT2D eigenvalue weighted by molar-refractivity contribution is 0.132. The molecule has 0 heterocycles. The SMILES string of the molecule is COc1ccc(CNOC=C=O)cc1. The van der Waals surface area contributed by atoms with E-state index in [0.717, 1.165) is 17.6 Å². The Morgan fingerprint density at radius 3 is 2.71 bits per heavy atom. The first-order chi connectivity index (χ1) is 6.86. The summed E-state index contributed by atoms with van der Waals surface area (Å²) in [6.07, 6.45) is 0.920. The first-order valence-corrected chi connectivity index (χ1v) is 4.07. The molecule has 0 atom stereocenters. The number of nitrogens with one attached hydrogen (secondary N) is 1. The molecule has 0 saturated heterocycles. The molecule has 0 amide bonds. The Bertz CT molecular complexity index is 315. The van der Waals surface area contributed by atoms with Gasteiger partial charge in [-0.1, -0.05) is 12.1 Å². The Kier molecular flexibility index (Phi) is 4.27. The molecule has 1 N–H and O–H groups in total. The van der Waals surface area contributed by atoms with E-state index in [1.165, 1.54) is 5.94 Å². The van der Waals surface area contributed by atoms with Gasteiger partial charge in [-0.25, -0.2) is 4.79 Å². The third kappa shape index (κ3) is 3.31. The molecular weight excluding hydrogens is 182 g/mol. The summed E-state index contributed by atoms with van der Waals surface area (Å²) in [4.78, 5) is 14.4. The zero-order chi connectivity index (χ0) is 10.2. The van der Waals surface area contributed by atoms with Crippen molar-refractivity contribution in [1.29, 1.82) is 0 Å². The maximum Gasteiger partial charge on any atom is 0.194 e. The van der Waals surface area contributed by atoms with Crippen molar-refractivity contribution >= 4 is 5.94 Å². The summed E-state index contributed by atoms with van der Waals surface area (Å²) in [6, 6.07) is 7.51. The summed E-state index contributed by atoms with van der Waals surface area (Å²) in [7, 11) is 1.62. The van der Waals surface area contributed by atoms with Crippen LogP contribution in [0.25, 0.3) is 0 Å². The molecule has 4 heteroatoms. The van der Waals surface area contributed by atoms with Crippen LogP contribution in [0.5, 0.6) is 5.75 Å². The van der Waals surface area contributed by atoms with Crippen LogP contribution < -0.4 is 10.2 Å². The number of methoxy groups -OCH3 is 1. The van der Waals surface area contributed by atoms with Gasteiger partial charge in [0.05, 0.1) is 13.7 Å². The van der Waals surface area contributed by atoms with Crippen molar-refractivity contribution in [2.75, 3.05) is 7.11 Å². The zero-order valence-corrected chi connectivity index (χ0v) is 7.82. The highest BCUT2D eigenvalue weighted by Gasteiger charge is 1.93. The Morgan fingerprint density at radius 2 is 2.14 bits per heavy atom. The second-order valence-electron chi connectivity index (χ2n) is 2.52. The van der Waals surface area contributed by atoms with Gasteiger partial charge in [0, 0.05) is 0 Å². The fourth-order valence-corrected chi connectivity index (χ4v) is 0.934. The highest BCUT2D eigenvalue weighted by atomic mass is 16.6. The molecule has 0 unspecified atom stereocenters. The molecule has 74 valence electrons. The molecule has 0 aliphatic carbocycles. The minimum atomic E-state index is 0.516. The van der Waals surface area contributed by atoms with Crippen LogP contribution >= 0.6 is 0 Å². The highest BCUT2D eigenvalue weighted by molar-refractivity contribution is 5.42. The van der Waals surface area contributed by atoms with Crippen LogP contribution in [0.3, 0.4) is 0 Å². The van der Waals surface area contributed by atoms with E-state index >= 15 is 0 Å². The quantitative estimate of drug-likeness (QED) is 0.329. The summed E-state index contributed by atoms with van der Waals surface area (Å²) in [5.41, 5.74) is 3.61. The second kappa shape index (κ2) is 5.80. The predicted octanol–water partition coefficient (Wildman–Crippen LogP) is 1.06. The van der Waals surface area contributed by atoms with Gasteiger partial charge in [0.15, 0.2) is 12.2 Å². The van der Waals surface area contributed by atoms with Gasteiger partial charge in [0.1, 0.15) is 5.75 Å². The first kappa shape index (κ1) is 10.3. The van der Waals surface area contributed by atoms with Crippen LogP contribution in [0.15, 0.2) is 30.5 Å². The maximum atomic E-state index is 9.74. The molecule has 14 heavy (non-hydrogen) atoms. The molecule has 0 aliphatic rings. The molecule has 1 aromatic carbocycles. The molecular formula is C10H11NO3. The number of ether oxygens (including phenoxy) is 1. The van der Waals surface area contributed by atoms with E-state index < -0.39 is 0 Å². The van der Waals surface area contributed by atoms with Crippen LogP contribution in [0, 0.1) is 0 Å². The Balaban J connectivity index is 2.39. The van der Waals surface area contributed by atoms with Crippen LogP contribution in [0.1, 0.15) is 5.56 Å². The maximum absolute atomic E-state index is 9.74. The highest BCUT2D eigenvalue weighted by Crippen LogP contribution is 2.10. The lowest BCUT2D eigenvalue weighted by atomic mass is 10.2. The lowest BCUT2D eigenvalue weighted by Gasteiger charge is -2.03. The molecule has 1 aromatic rings. The Morgan fingerprint density at radius 1 is 1.43 bits per heavy atom. The largest absolute Gasteiger partial charge is 0.497 e. The second-order valence-corrected chi connectivity index (χ2v) is 2.52. The molecule has 0 radical (unpaired) electrons. The van der Waals surface area contributed by atoms with Gasteiger partial charge in [-0.05, 0) is 17.7 Å². The number of benzene rings is 1. The minimum absolute atomic E-state index is 0.516. The summed E-state index contributed by atoms with van der Waals surface area (Å²) in [6.45, 7) is 0.516. The number of hydrogen-bond donors (Lipinski definition) is 1.